The summed E-state index contributed by atoms with van der Waals surface area (Å²) in [4.78, 5) is 24.6. The number of hydrogen-bond donors (Lipinski definition) is 3. The maximum Gasteiger partial charge on any atom is 0.255 e. The topological polar surface area (TPSA) is 90.4 Å². The first-order valence-electron chi connectivity index (χ1n) is 13.0. The van der Waals surface area contributed by atoms with Crippen molar-refractivity contribution in [1.29, 1.82) is 0 Å². The lowest BCUT2D eigenvalue weighted by molar-refractivity contribution is 0.102. The quantitative estimate of drug-likeness (QED) is 0.297. The van der Waals surface area contributed by atoms with Gasteiger partial charge in [-0.3, -0.25) is 4.79 Å². The Bertz CT molecular complexity index is 1360. The SMILES string of the molecule is Cc1ccc2c(NCc3ccc(NC(=O)c4ccccc4)cc3)nc(N3CCCCC3CCO)nc2c1. The predicted molar refractivity (Wildman–Crippen MR) is 149 cm³/mol. The predicted octanol–water partition coefficient (Wildman–Crippen LogP) is 5.54. The van der Waals surface area contributed by atoms with Gasteiger partial charge < -0.3 is 20.6 Å². The molecule has 1 saturated heterocycles. The van der Waals surface area contributed by atoms with Crippen molar-refractivity contribution in [3.8, 4) is 0 Å². The van der Waals surface area contributed by atoms with Crippen LogP contribution in [0, 0.1) is 6.92 Å². The number of fused-ring (bicyclic) bond motifs is 1. The molecule has 0 radical (unpaired) electrons. The van der Waals surface area contributed by atoms with Gasteiger partial charge in [0.15, 0.2) is 0 Å². The summed E-state index contributed by atoms with van der Waals surface area (Å²) in [5.74, 6) is 1.39. The minimum absolute atomic E-state index is 0.126. The number of carbonyl (C=O) groups excluding carboxylic acids is 1. The number of aliphatic hydroxyl groups excluding tert-OH is 1. The number of nitrogens with zero attached hydrogens (tertiary/aromatic N) is 3. The van der Waals surface area contributed by atoms with Crippen molar-refractivity contribution in [1.82, 2.24) is 9.97 Å². The Kier molecular flexibility index (Phi) is 7.61. The Labute approximate surface area is 217 Å². The van der Waals surface area contributed by atoms with Crippen LogP contribution >= 0.6 is 0 Å². The molecule has 0 aliphatic carbocycles. The van der Waals surface area contributed by atoms with E-state index in [2.05, 4.69) is 40.7 Å². The fraction of sp³-hybridized carbons (Fsp3) is 0.300. The first-order chi connectivity index (χ1) is 18.1. The van der Waals surface area contributed by atoms with Gasteiger partial charge in [0.05, 0.1) is 5.52 Å². The minimum atomic E-state index is -0.126. The highest BCUT2D eigenvalue weighted by molar-refractivity contribution is 6.04. The van der Waals surface area contributed by atoms with Gasteiger partial charge in [-0.1, -0.05) is 36.4 Å². The molecule has 5 rings (SSSR count). The van der Waals surface area contributed by atoms with Crippen LogP contribution in [0.3, 0.4) is 0 Å². The molecule has 1 unspecified atom stereocenters. The molecule has 2 heterocycles. The van der Waals surface area contributed by atoms with E-state index in [0.717, 1.165) is 65.3 Å². The van der Waals surface area contributed by atoms with E-state index in [1.807, 2.05) is 42.5 Å². The van der Waals surface area contributed by atoms with E-state index in [1.54, 1.807) is 12.1 Å². The van der Waals surface area contributed by atoms with Crippen molar-refractivity contribution in [2.24, 2.45) is 0 Å². The fourth-order valence-corrected chi connectivity index (χ4v) is 4.89. The summed E-state index contributed by atoms with van der Waals surface area (Å²) in [6.45, 7) is 3.73. The number of amides is 1. The molecule has 37 heavy (non-hydrogen) atoms. The second-order valence-corrected chi connectivity index (χ2v) is 9.62. The van der Waals surface area contributed by atoms with Gasteiger partial charge in [0.1, 0.15) is 5.82 Å². The van der Waals surface area contributed by atoms with Crippen molar-refractivity contribution in [3.05, 3.63) is 89.5 Å². The van der Waals surface area contributed by atoms with Crippen LogP contribution in [-0.4, -0.2) is 40.2 Å². The van der Waals surface area contributed by atoms with E-state index in [1.165, 1.54) is 6.42 Å². The van der Waals surface area contributed by atoms with Crippen molar-refractivity contribution >= 4 is 34.3 Å². The number of aromatic nitrogens is 2. The van der Waals surface area contributed by atoms with Gasteiger partial charge in [0.2, 0.25) is 5.95 Å². The van der Waals surface area contributed by atoms with Gasteiger partial charge in [-0.05, 0) is 80.1 Å². The molecule has 1 aromatic heterocycles. The number of anilines is 3. The number of rotatable bonds is 8. The van der Waals surface area contributed by atoms with E-state index in [9.17, 15) is 9.90 Å². The molecule has 7 nitrogen and oxygen atoms in total. The Morgan fingerprint density at radius 1 is 1.03 bits per heavy atom. The third-order valence-electron chi connectivity index (χ3n) is 6.89. The summed E-state index contributed by atoms with van der Waals surface area (Å²) in [7, 11) is 0. The summed E-state index contributed by atoms with van der Waals surface area (Å²) in [5, 5.41) is 17.0. The van der Waals surface area contributed by atoms with Gasteiger partial charge in [-0.2, -0.15) is 4.98 Å². The van der Waals surface area contributed by atoms with Crippen molar-refractivity contribution < 1.29 is 9.90 Å². The van der Waals surface area contributed by atoms with Gasteiger partial charge in [0.25, 0.3) is 5.91 Å². The van der Waals surface area contributed by atoms with E-state index in [0.29, 0.717) is 12.1 Å². The van der Waals surface area contributed by atoms with E-state index >= 15 is 0 Å². The largest absolute Gasteiger partial charge is 0.396 e. The second kappa shape index (κ2) is 11.4. The second-order valence-electron chi connectivity index (χ2n) is 9.62. The average Bonchev–Trinajstić information content (AvgIpc) is 2.93. The number of hydrogen-bond acceptors (Lipinski definition) is 6. The highest BCUT2D eigenvalue weighted by Crippen LogP contribution is 2.29. The number of nitrogens with one attached hydrogen (secondary N) is 2. The monoisotopic (exact) mass is 495 g/mol. The maximum atomic E-state index is 12.4. The summed E-state index contributed by atoms with van der Waals surface area (Å²) in [6, 6.07) is 23.5. The standard InChI is InChI=1S/C30H33N5O2/c1-21-10-15-26-27(19-21)33-30(35-17-6-5-9-25(35)16-18-36)34-28(26)31-20-22-11-13-24(14-12-22)32-29(37)23-7-3-2-4-8-23/h2-4,7-8,10-15,19,25,36H,5-6,9,16-18,20H2,1H3,(H,32,37)(H,31,33,34). The smallest absolute Gasteiger partial charge is 0.255 e. The zero-order chi connectivity index (χ0) is 25.6. The Morgan fingerprint density at radius 3 is 2.62 bits per heavy atom. The van der Waals surface area contributed by atoms with E-state index in [-0.39, 0.29) is 18.6 Å². The number of aryl methyl sites for hydroxylation is 1. The van der Waals surface area contributed by atoms with E-state index < -0.39 is 0 Å². The zero-order valence-electron chi connectivity index (χ0n) is 21.2. The molecular weight excluding hydrogens is 462 g/mol. The van der Waals surface area contributed by atoms with Crippen LogP contribution in [0.1, 0.15) is 47.2 Å². The number of piperidine rings is 1. The molecule has 3 aromatic carbocycles. The molecule has 3 N–H and O–H groups in total. The maximum absolute atomic E-state index is 12.4. The Morgan fingerprint density at radius 2 is 1.84 bits per heavy atom. The van der Waals surface area contributed by atoms with Crippen molar-refractivity contribution in [2.75, 3.05) is 28.7 Å². The lowest BCUT2D eigenvalue weighted by atomic mass is 10.00. The van der Waals surface area contributed by atoms with Crippen molar-refractivity contribution in [3.63, 3.8) is 0 Å². The summed E-state index contributed by atoms with van der Waals surface area (Å²) >= 11 is 0. The summed E-state index contributed by atoms with van der Waals surface area (Å²) < 4.78 is 0. The van der Waals surface area contributed by atoms with Crippen LogP contribution in [0.5, 0.6) is 0 Å². The first-order valence-corrected chi connectivity index (χ1v) is 13.0. The van der Waals surface area contributed by atoms with Gasteiger partial charge in [0, 0.05) is 42.4 Å². The molecule has 7 heteroatoms. The normalized spacial score (nSPS) is 15.5. The molecule has 190 valence electrons. The molecule has 1 aliphatic heterocycles. The van der Waals surface area contributed by atoms with Crippen LogP contribution in [0.15, 0.2) is 72.8 Å². The molecule has 1 fully saturated rings. The fourth-order valence-electron chi connectivity index (χ4n) is 4.89. The first kappa shape index (κ1) is 24.7. The third kappa shape index (κ3) is 5.89. The Hall–Kier alpha value is -3.97. The van der Waals surface area contributed by atoms with Crippen molar-refractivity contribution in [2.45, 2.75) is 45.2 Å². The Balaban J connectivity index is 1.34. The lowest BCUT2D eigenvalue weighted by Crippen LogP contribution is -2.41. The molecule has 0 spiro atoms. The number of carbonyl (C=O) groups is 1. The molecule has 1 amide bonds. The highest BCUT2D eigenvalue weighted by Gasteiger charge is 2.25. The number of aliphatic hydroxyl groups is 1. The van der Waals surface area contributed by atoms with Crippen LogP contribution < -0.4 is 15.5 Å². The average molecular weight is 496 g/mol. The lowest BCUT2D eigenvalue weighted by Gasteiger charge is -2.35. The van der Waals surface area contributed by atoms with Crippen LogP contribution in [0.25, 0.3) is 10.9 Å². The van der Waals surface area contributed by atoms with Crippen LogP contribution in [-0.2, 0) is 6.54 Å². The molecule has 1 atom stereocenters. The van der Waals surface area contributed by atoms with Gasteiger partial charge >= 0.3 is 0 Å². The molecule has 0 saturated carbocycles. The van der Waals surface area contributed by atoms with Crippen LogP contribution in [0.4, 0.5) is 17.5 Å². The molecule has 1 aliphatic rings. The molecule has 4 aromatic rings. The minimum Gasteiger partial charge on any atom is -0.396 e. The zero-order valence-corrected chi connectivity index (χ0v) is 21.2. The summed E-state index contributed by atoms with van der Waals surface area (Å²) in [6.07, 6.45) is 4.05. The van der Waals surface area contributed by atoms with E-state index in [4.69, 9.17) is 9.97 Å². The molecule has 0 bridgehead atoms. The number of benzene rings is 3. The highest BCUT2D eigenvalue weighted by atomic mass is 16.3. The van der Waals surface area contributed by atoms with Gasteiger partial charge in [-0.25, -0.2) is 4.98 Å². The van der Waals surface area contributed by atoms with Crippen LogP contribution in [0.2, 0.25) is 0 Å². The summed E-state index contributed by atoms with van der Waals surface area (Å²) in [5.41, 5.74) is 4.53. The molecular formula is C30H33N5O2. The third-order valence-corrected chi connectivity index (χ3v) is 6.89. The van der Waals surface area contributed by atoms with Gasteiger partial charge in [-0.15, -0.1) is 0 Å².